The highest BCUT2D eigenvalue weighted by Crippen LogP contribution is 2.17. The Morgan fingerprint density at radius 1 is 1.20 bits per heavy atom. The van der Waals surface area contributed by atoms with Gasteiger partial charge in [0.25, 0.3) is 10.0 Å². The summed E-state index contributed by atoms with van der Waals surface area (Å²) in [5, 5.41) is 25.2. The minimum Gasteiger partial charge on any atom is -0.394 e. The maximum absolute atomic E-state index is 12.0. The van der Waals surface area contributed by atoms with Gasteiger partial charge in [0.1, 0.15) is 5.04 Å². The van der Waals surface area contributed by atoms with Crippen molar-refractivity contribution in [2.24, 2.45) is 0 Å². The Morgan fingerprint density at radius 2 is 1.76 bits per heavy atom. The van der Waals surface area contributed by atoms with E-state index in [1.54, 1.807) is 0 Å². The molecule has 25 heavy (non-hydrogen) atoms. The van der Waals surface area contributed by atoms with Gasteiger partial charge in [0, 0.05) is 31.7 Å². The number of aliphatic hydroxyl groups excluding tert-OH is 2. The summed E-state index contributed by atoms with van der Waals surface area (Å²) in [6.45, 7) is 5.34. The number of hydrogen-bond donors (Lipinski definition) is 4. The molecule has 0 saturated carbocycles. The minimum atomic E-state index is -3.96. The predicted molar refractivity (Wildman–Crippen MR) is 101 cm³/mol. The van der Waals surface area contributed by atoms with Gasteiger partial charge < -0.3 is 15.1 Å². The molecule has 0 bridgehead atoms. The van der Waals surface area contributed by atoms with Gasteiger partial charge in [-0.3, -0.25) is 5.41 Å². The van der Waals surface area contributed by atoms with E-state index in [9.17, 15) is 13.5 Å². The maximum Gasteiger partial charge on any atom is 0.253 e. The third-order valence-corrected chi connectivity index (χ3v) is 5.04. The highest BCUT2D eigenvalue weighted by atomic mass is 32.2. The van der Waals surface area contributed by atoms with E-state index in [-0.39, 0.29) is 13.0 Å². The van der Waals surface area contributed by atoms with E-state index in [0.29, 0.717) is 0 Å². The summed E-state index contributed by atoms with van der Waals surface area (Å²) in [5.41, 5.74) is 1.82. The standard InChI is InChI=1S/C17H29N3O4S/c1-3-9-20(10-4-2)15-7-5-14(6-8-15)11-17(18)25(23,24)19-12-16(22)13-21/h5-8,16,18-19,21-22H,3-4,9-13H2,1-2H3. The summed E-state index contributed by atoms with van der Waals surface area (Å²) >= 11 is 0. The fourth-order valence-corrected chi connectivity index (χ4v) is 3.32. The molecule has 1 rings (SSSR count). The van der Waals surface area contributed by atoms with Gasteiger partial charge in [-0.2, -0.15) is 0 Å². The van der Waals surface area contributed by atoms with E-state index in [1.165, 1.54) is 0 Å². The van der Waals surface area contributed by atoms with Gasteiger partial charge in [0.05, 0.1) is 12.7 Å². The van der Waals surface area contributed by atoms with Crippen molar-refractivity contribution in [2.75, 3.05) is 31.1 Å². The smallest absolute Gasteiger partial charge is 0.253 e. The molecule has 0 heterocycles. The summed E-state index contributed by atoms with van der Waals surface area (Å²) in [4.78, 5) is 2.28. The van der Waals surface area contributed by atoms with Gasteiger partial charge in [0.15, 0.2) is 0 Å². The Morgan fingerprint density at radius 3 is 2.24 bits per heavy atom. The number of nitrogens with zero attached hydrogens (tertiary/aromatic N) is 1. The lowest BCUT2D eigenvalue weighted by molar-refractivity contribution is 0.0989. The summed E-state index contributed by atoms with van der Waals surface area (Å²) in [6.07, 6.45) is 0.906. The average Bonchev–Trinajstić information content (AvgIpc) is 2.60. The van der Waals surface area contributed by atoms with Gasteiger partial charge in [-0.05, 0) is 30.5 Å². The van der Waals surface area contributed by atoms with E-state index in [1.807, 2.05) is 24.3 Å². The molecule has 0 saturated heterocycles. The molecule has 8 heteroatoms. The van der Waals surface area contributed by atoms with Gasteiger partial charge >= 0.3 is 0 Å². The Bertz CT molecular complexity index is 626. The fraction of sp³-hybridized carbons (Fsp3) is 0.588. The SMILES string of the molecule is CCCN(CCC)c1ccc(CC(=N)S(=O)(=O)NCC(O)CO)cc1. The van der Waals surface area contributed by atoms with E-state index >= 15 is 0 Å². The third kappa shape index (κ3) is 7.11. The van der Waals surface area contributed by atoms with Crippen LogP contribution in [-0.4, -0.2) is 56.0 Å². The zero-order valence-electron chi connectivity index (χ0n) is 14.9. The first kappa shape index (κ1) is 21.6. The van der Waals surface area contributed by atoms with Crippen molar-refractivity contribution in [3.63, 3.8) is 0 Å². The molecule has 0 amide bonds. The lowest BCUT2D eigenvalue weighted by Crippen LogP contribution is -2.38. The van der Waals surface area contributed by atoms with Crippen molar-refractivity contribution in [3.05, 3.63) is 29.8 Å². The average molecular weight is 372 g/mol. The molecule has 0 aliphatic heterocycles. The second-order valence-corrected chi connectivity index (χ2v) is 7.73. The minimum absolute atomic E-state index is 0.0214. The second-order valence-electron chi connectivity index (χ2n) is 5.94. The van der Waals surface area contributed by atoms with Crippen LogP contribution >= 0.6 is 0 Å². The molecule has 0 aliphatic carbocycles. The number of nitrogens with one attached hydrogen (secondary N) is 2. The van der Waals surface area contributed by atoms with Crippen LogP contribution in [0.4, 0.5) is 5.69 Å². The van der Waals surface area contributed by atoms with Crippen molar-refractivity contribution >= 4 is 20.8 Å². The van der Waals surface area contributed by atoms with Crippen molar-refractivity contribution in [3.8, 4) is 0 Å². The highest BCUT2D eigenvalue weighted by molar-refractivity contribution is 8.04. The van der Waals surface area contributed by atoms with E-state index in [2.05, 4.69) is 23.5 Å². The number of aliphatic hydroxyl groups is 2. The molecular weight excluding hydrogens is 342 g/mol. The van der Waals surface area contributed by atoms with Crippen LogP contribution in [0.5, 0.6) is 0 Å². The molecule has 1 unspecified atom stereocenters. The van der Waals surface area contributed by atoms with Crippen LogP contribution in [0, 0.1) is 5.41 Å². The van der Waals surface area contributed by atoms with Crippen LogP contribution in [0.1, 0.15) is 32.3 Å². The van der Waals surface area contributed by atoms with Crippen LogP contribution in [0.3, 0.4) is 0 Å². The normalized spacial score (nSPS) is 12.8. The zero-order chi connectivity index (χ0) is 18.9. The first-order valence-corrected chi connectivity index (χ1v) is 10.0. The topological polar surface area (TPSA) is 114 Å². The van der Waals surface area contributed by atoms with E-state index in [0.717, 1.165) is 37.2 Å². The molecule has 4 N–H and O–H groups in total. The molecule has 1 aromatic carbocycles. The Balaban J connectivity index is 2.71. The number of rotatable bonds is 11. The van der Waals surface area contributed by atoms with Crippen LogP contribution in [0.15, 0.2) is 24.3 Å². The summed E-state index contributed by atoms with van der Waals surface area (Å²) in [5.74, 6) is 0. The highest BCUT2D eigenvalue weighted by Gasteiger charge is 2.19. The second kappa shape index (κ2) is 10.5. The molecule has 0 spiro atoms. The Kier molecular flexibility index (Phi) is 9.05. The molecule has 1 atom stereocenters. The molecule has 0 fully saturated rings. The predicted octanol–water partition coefficient (Wildman–Crippen LogP) is 1.11. The summed E-state index contributed by atoms with van der Waals surface area (Å²) < 4.78 is 26.1. The zero-order valence-corrected chi connectivity index (χ0v) is 15.7. The molecule has 0 aliphatic rings. The van der Waals surface area contributed by atoms with Crippen molar-refractivity contribution in [1.82, 2.24) is 4.72 Å². The lowest BCUT2D eigenvalue weighted by atomic mass is 10.1. The number of benzene rings is 1. The van der Waals surface area contributed by atoms with Gasteiger partial charge in [0.2, 0.25) is 0 Å². The van der Waals surface area contributed by atoms with Gasteiger partial charge in [-0.1, -0.05) is 26.0 Å². The summed E-state index contributed by atoms with van der Waals surface area (Å²) in [7, 11) is -3.96. The fourth-order valence-electron chi connectivity index (χ4n) is 2.37. The van der Waals surface area contributed by atoms with Crippen molar-refractivity contribution in [2.45, 2.75) is 39.2 Å². The molecular formula is C17H29N3O4S. The van der Waals surface area contributed by atoms with Crippen LogP contribution in [0.25, 0.3) is 0 Å². The number of sulfonamides is 1. The number of hydrogen-bond acceptors (Lipinski definition) is 6. The maximum atomic E-state index is 12.0. The van der Waals surface area contributed by atoms with E-state index < -0.39 is 27.8 Å². The first-order valence-electron chi connectivity index (χ1n) is 8.53. The van der Waals surface area contributed by atoms with Crippen LogP contribution in [0.2, 0.25) is 0 Å². The van der Waals surface area contributed by atoms with E-state index in [4.69, 9.17) is 10.5 Å². The molecule has 0 radical (unpaired) electrons. The third-order valence-electron chi connectivity index (χ3n) is 3.70. The Labute approximate surface area is 150 Å². The molecule has 1 aromatic rings. The van der Waals surface area contributed by atoms with Gasteiger partial charge in [-0.15, -0.1) is 0 Å². The monoisotopic (exact) mass is 371 g/mol. The van der Waals surface area contributed by atoms with Gasteiger partial charge in [-0.25, -0.2) is 13.1 Å². The molecule has 7 nitrogen and oxygen atoms in total. The number of anilines is 1. The Hall–Kier alpha value is -1.48. The largest absolute Gasteiger partial charge is 0.394 e. The van der Waals surface area contributed by atoms with Crippen LogP contribution < -0.4 is 9.62 Å². The summed E-state index contributed by atoms with van der Waals surface area (Å²) in [6, 6.07) is 7.56. The van der Waals surface area contributed by atoms with Crippen molar-refractivity contribution < 1.29 is 18.6 Å². The van der Waals surface area contributed by atoms with Crippen molar-refractivity contribution in [1.29, 1.82) is 5.41 Å². The molecule has 142 valence electrons. The van der Waals surface area contributed by atoms with Crippen LogP contribution in [-0.2, 0) is 16.4 Å². The molecule has 0 aromatic heterocycles. The first-order chi connectivity index (χ1) is 11.8. The quantitative estimate of drug-likeness (QED) is 0.344. The lowest BCUT2D eigenvalue weighted by Gasteiger charge is -2.24.